The molecule has 6 heteroatoms. The van der Waals surface area contributed by atoms with Crippen molar-refractivity contribution >= 4 is 49.0 Å². The molecular weight excluding hydrogens is 733 g/mol. The van der Waals surface area contributed by atoms with Crippen LogP contribution in [0.5, 0.6) is 0 Å². The Hall–Kier alpha value is -8.22. The molecule has 12 aromatic rings. The van der Waals surface area contributed by atoms with Crippen LogP contribution in [0.4, 0.5) is 0 Å². The van der Waals surface area contributed by atoms with Crippen LogP contribution in [0, 0.1) is 0 Å². The molecule has 0 saturated carbocycles. The maximum absolute atomic E-state index is 5.55. The average molecular weight is 767 g/mol. The molecule has 8 aromatic carbocycles. The predicted octanol–water partition coefficient (Wildman–Crippen LogP) is 13.3. The standard InChI is InChI=1S/C54H34N6/c1-5-17-35(18-6-1)49-50-45-33-44-42-26-14-15-27-46(42)59(40-23-11-4-12-24-40)48(44)34-43(45)41-25-13-16-28-47(41)60(50)54(55-49)39-31-29-38(30-32-39)53-57-51(36-19-7-2-8-20-36)56-52(58-53)37-21-9-3-10-22-37/h1-34H. The molecule has 0 fully saturated rings. The third kappa shape index (κ3) is 5.42. The Bertz CT molecular complexity index is 3500. The van der Waals surface area contributed by atoms with Crippen LogP contribution in [-0.2, 0) is 0 Å². The molecule has 0 aliphatic rings. The molecule has 0 N–H and O–H groups in total. The molecule has 0 saturated heterocycles. The first-order valence-corrected chi connectivity index (χ1v) is 20.2. The van der Waals surface area contributed by atoms with E-state index in [1.807, 2.05) is 60.7 Å². The van der Waals surface area contributed by atoms with E-state index in [1.54, 1.807) is 0 Å². The van der Waals surface area contributed by atoms with Crippen LogP contribution < -0.4 is 0 Å². The molecule has 0 spiro atoms. The highest BCUT2D eigenvalue weighted by molar-refractivity contribution is 6.23. The van der Waals surface area contributed by atoms with Crippen LogP contribution in [0.25, 0.3) is 111 Å². The fourth-order valence-electron chi connectivity index (χ4n) is 8.79. The van der Waals surface area contributed by atoms with Crippen molar-refractivity contribution in [3.05, 3.63) is 206 Å². The van der Waals surface area contributed by atoms with E-state index in [1.165, 1.54) is 27.2 Å². The van der Waals surface area contributed by atoms with E-state index in [4.69, 9.17) is 19.9 Å². The lowest BCUT2D eigenvalue weighted by Gasteiger charge is -2.13. The van der Waals surface area contributed by atoms with Gasteiger partial charge in [0.1, 0.15) is 5.82 Å². The maximum Gasteiger partial charge on any atom is 0.164 e. The lowest BCUT2D eigenvalue weighted by Crippen LogP contribution is -2.00. The largest absolute Gasteiger partial charge is 0.309 e. The lowest BCUT2D eigenvalue weighted by molar-refractivity contribution is 1.07. The van der Waals surface area contributed by atoms with E-state index in [9.17, 15) is 0 Å². The predicted molar refractivity (Wildman–Crippen MR) is 245 cm³/mol. The molecule has 6 nitrogen and oxygen atoms in total. The number of hydrogen-bond acceptors (Lipinski definition) is 4. The van der Waals surface area contributed by atoms with Gasteiger partial charge in [0.2, 0.25) is 0 Å². The summed E-state index contributed by atoms with van der Waals surface area (Å²) in [5, 5.41) is 5.91. The fourth-order valence-corrected chi connectivity index (χ4v) is 8.79. The Kier molecular flexibility index (Phi) is 7.74. The zero-order valence-electron chi connectivity index (χ0n) is 32.3. The number of pyridine rings is 1. The summed E-state index contributed by atoms with van der Waals surface area (Å²) in [6.07, 6.45) is 0. The first-order chi connectivity index (χ1) is 29.8. The van der Waals surface area contributed by atoms with Crippen LogP contribution >= 0.6 is 0 Å². The Morgan fingerprint density at radius 2 is 0.767 bits per heavy atom. The Morgan fingerprint density at radius 1 is 0.300 bits per heavy atom. The zero-order valence-corrected chi connectivity index (χ0v) is 32.3. The van der Waals surface area contributed by atoms with Gasteiger partial charge in [-0.05, 0) is 41.8 Å². The molecule has 0 bridgehead atoms. The van der Waals surface area contributed by atoms with Crippen molar-refractivity contribution in [2.24, 2.45) is 0 Å². The highest BCUT2D eigenvalue weighted by Crippen LogP contribution is 2.43. The van der Waals surface area contributed by atoms with Gasteiger partial charge in [0.05, 0.1) is 27.8 Å². The van der Waals surface area contributed by atoms with Gasteiger partial charge in [-0.3, -0.25) is 4.40 Å². The number of nitrogens with zero attached hydrogens (tertiary/aromatic N) is 6. The minimum absolute atomic E-state index is 0.613. The molecule has 4 heterocycles. The molecule has 60 heavy (non-hydrogen) atoms. The van der Waals surface area contributed by atoms with Crippen molar-refractivity contribution in [1.29, 1.82) is 0 Å². The fraction of sp³-hybridized carbons (Fsp3) is 0. The Balaban J connectivity index is 1.10. The summed E-state index contributed by atoms with van der Waals surface area (Å²) in [4.78, 5) is 20.4. The minimum atomic E-state index is 0.613. The zero-order chi connectivity index (χ0) is 39.6. The van der Waals surface area contributed by atoms with Gasteiger partial charge >= 0.3 is 0 Å². The maximum atomic E-state index is 5.55. The number of hydrogen-bond donors (Lipinski definition) is 0. The van der Waals surface area contributed by atoms with Gasteiger partial charge in [-0.1, -0.05) is 170 Å². The van der Waals surface area contributed by atoms with Gasteiger partial charge in [-0.25, -0.2) is 19.9 Å². The van der Waals surface area contributed by atoms with E-state index < -0.39 is 0 Å². The number of imidazole rings is 1. The summed E-state index contributed by atoms with van der Waals surface area (Å²) in [7, 11) is 0. The van der Waals surface area contributed by atoms with E-state index in [-0.39, 0.29) is 0 Å². The lowest BCUT2D eigenvalue weighted by atomic mass is 9.99. The summed E-state index contributed by atoms with van der Waals surface area (Å²) in [5.41, 5.74) is 11.4. The van der Waals surface area contributed by atoms with Crippen molar-refractivity contribution in [1.82, 2.24) is 28.9 Å². The normalized spacial score (nSPS) is 11.7. The van der Waals surface area contributed by atoms with Gasteiger partial charge < -0.3 is 4.57 Å². The van der Waals surface area contributed by atoms with E-state index in [2.05, 4.69) is 155 Å². The summed E-state index contributed by atoms with van der Waals surface area (Å²) in [5.74, 6) is 2.75. The van der Waals surface area contributed by atoms with Crippen molar-refractivity contribution in [2.75, 3.05) is 0 Å². The second-order valence-electron chi connectivity index (χ2n) is 15.1. The molecule has 0 unspecified atom stereocenters. The monoisotopic (exact) mass is 766 g/mol. The molecule has 280 valence electrons. The van der Waals surface area contributed by atoms with Crippen molar-refractivity contribution in [3.8, 4) is 62.5 Å². The summed E-state index contributed by atoms with van der Waals surface area (Å²) < 4.78 is 4.75. The molecule has 0 radical (unpaired) electrons. The number of rotatable bonds is 6. The van der Waals surface area contributed by atoms with Crippen molar-refractivity contribution < 1.29 is 0 Å². The quantitative estimate of drug-likeness (QED) is 0.158. The van der Waals surface area contributed by atoms with Crippen LogP contribution in [0.2, 0.25) is 0 Å². The van der Waals surface area contributed by atoms with Crippen molar-refractivity contribution in [2.45, 2.75) is 0 Å². The smallest absolute Gasteiger partial charge is 0.164 e. The number of para-hydroxylation sites is 3. The van der Waals surface area contributed by atoms with Crippen LogP contribution in [0.3, 0.4) is 0 Å². The van der Waals surface area contributed by atoms with E-state index in [0.717, 1.165) is 66.8 Å². The average Bonchev–Trinajstić information content (AvgIpc) is 3.89. The number of aromatic nitrogens is 6. The summed E-state index contributed by atoms with van der Waals surface area (Å²) >= 11 is 0. The molecule has 0 aliphatic carbocycles. The van der Waals surface area contributed by atoms with E-state index in [0.29, 0.717) is 17.5 Å². The molecule has 12 rings (SSSR count). The molecule has 0 aliphatic heterocycles. The second-order valence-corrected chi connectivity index (χ2v) is 15.1. The molecular formula is C54H34N6. The molecule has 4 aromatic heterocycles. The first-order valence-electron chi connectivity index (χ1n) is 20.2. The van der Waals surface area contributed by atoms with Gasteiger partial charge in [-0.15, -0.1) is 0 Å². The van der Waals surface area contributed by atoms with Gasteiger partial charge in [0.25, 0.3) is 0 Å². The van der Waals surface area contributed by atoms with Gasteiger partial charge in [0.15, 0.2) is 17.5 Å². The summed E-state index contributed by atoms with van der Waals surface area (Å²) in [6.45, 7) is 0. The summed E-state index contributed by atoms with van der Waals surface area (Å²) in [6, 6.07) is 72.1. The highest BCUT2D eigenvalue weighted by atomic mass is 15.0. The molecule has 0 atom stereocenters. The SMILES string of the molecule is c1ccc(-c2nc(-c3ccccc3)nc(-c3ccc(-c4nc(-c5ccccc5)c5c6cc7c8ccccc8n(-c8ccccc8)c7cc6c6ccccc6n45)cc3)n2)cc1. The third-order valence-electron chi connectivity index (χ3n) is 11.5. The number of benzene rings is 8. The van der Waals surface area contributed by atoms with Crippen LogP contribution in [0.15, 0.2) is 206 Å². The van der Waals surface area contributed by atoms with Crippen LogP contribution in [0.1, 0.15) is 0 Å². The third-order valence-corrected chi connectivity index (χ3v) is 11.5. The topological polar surface area (TPSA) is 60.9 Å². The van der Waals surface area contributed by atoms with Crippen LogP contribution in [-0.4, -0.2) is 28.9 Å². The Morgan fingerprint density at radius 3 is 1.37 bits per heavy atom. The van der Waals surface area contributed by atoms with E-state index >= 15 is 0 Å². The first kappa shape index (κ1) is 33.9. The van der Waals surface area contributed by atoms with Gasteiger partial charge in [-0.2, -0.15) is 0 Å². The minimum Gasteiger partial charge on any atom is -0.309 e. The molecule has 0 amide bonds. The van der Waals surface area contributed by atoms with Crippen molar-refractivity contribution in [3.63, 3.8) is 0 Å². The van der Waals surface area contributed by atoms with Gasteiger partial charge in [0, 0.05) is 55.0 Å². The second kappa shape index (κ2) is 13.7. The highest BCUT2D eigenvalue weighted by Gasteiger charge is 2.23. The number of fused-ring (bicyclic) bond motifs is 9. The Labute approximate surface area is 345 Å².